The van der Waals surface area contributed by atoms with Gasteiger partial charge in [0.15, 0.2) is 8.07 Å². The Labute approximate surface area is 339 Å². The zero-order valence-electron chi connectivity index (χ0n) is 31.8. The molecule has 2 heteroatoms. The standard InChI is InChI=1S/C56H38OSi/c1-4-20-39(21-5-1)58(40-22-6-2-7-23-40,41-24-8-3-9-25-41)51-35-17-32-48-52-44-26-10-11-27-45(44)56(55(48)51)54-43(29-15-31-47(52)54)38-19-14-18-37(36-38)42-30-16-34-50-53(42)46-28-12-13-33-49(46)57-50/h1-36,52,56H. The summed E-state index contributed by atoms with van der Waals surface area (Å²) in [5.74, 6) is 0.195. The van der Waals surface area contributed by atoms with Crippen LogP contribution in [0.3, 0.4) is 0 Å². The number of furan rings is 1. The molecule has 0 radical (unpaired) electrons. The van der Waals surface area contributed by atoms with E-state index in [1.54, 1.807) is 0 Å². The van der Waals surface area contributed by atoms with Crippen molar-refractivity contribution in [3.63, 3.8) is 0 Å². The quantitative estimate of drug-likeness (QED) is 0.122. The number of hydrogen-bond donors (Lipinski definition) is 0. The minimum atomic E-state index is -2.86. The van der Waals surface area contributed by atoms with E-state index in [1.165, 1.54) is 81.8 Å². The lowest BCUT2D eigenvalue weighted by molar-refractivity contribution is 0.669. The Morgan fingerprint density at radius 2 is 0.828 bits per heavy atom. The van der Waals surface area contributed by atoms with Crippen LogP contribution in [0.2, 0.25) is 0 Å². The summed E-state index contributed by atoms with van der Waals surface area (Å²) in [4.78, 5) is 0. The van der Waals surface area contributed by atoms with Crippen molar-refractivity contribution in [2.45, 2.75) is 11.8 Å². The van der Waals surface area contributed by atoms with Crippen molar-refractivity contribution in [2.75, 3.05) is 0 Å². The first-order chi connectivity index (χ1) is 28.8. The molecule has 10 aromatic rings. The molecule has 9 aromatic carbocycles. The summed E-state index contributed by atoms with van der Waals surface area (Å²) < 4.78 is 6.34. The Morgan fingerprint density at radius 1 is 0.345 bits per heavy atom. The zero-order valence-corrected chi connectivity index (χ0v) is 32.8. The molecule has 272 valence electrons. The van der Waals surface area contributed by atoms with Crippen molar-refractivity contribution in [1.82, 2.24) is 0 Å². The molecule has 0 saturated heterocycles. The number of hydrogen-bond acceptors (Lipinski definition) is 1. The highest BCUT2D eigenvalue weighted by Crippen LogP contribution is 2.57. The van der Waals surface area contributed by atoms with Gasteiger partial charge in [-0.15, -0.1) is 0 Å². The van der Waals surface area contributed by atoms with Gasteiger partial charge in [0.2, 0.25) is 0 Å². The summed E-state index contributed by atoms with van der Waals surface area (Å²) in [5, 5.41) is 8.00. The molecule has 0 N–H and O–H groups in total. The maximum Gasteiger partial charge on any atom is 0.179 e. The summed E-state index contributed by atoms with van der Waals surface area (Å²) in [6.07, 6.45) is 0. The Balaban J connectivity index is 1.13. The highest BCUT2D eigenvalue weighted by molar-refractivity contribution is 7.20. The van der Waals surface area contributed by atoms with E-state index >= 15 is 0 Å². The van der Waals surface area contributed by atoms with Crippen molar-refractivity contribution in [1.29, 1.82) is 0 Å². The van der Waals surface area contributed by atoms with Gasteiger partial charge in [-0.2, -0.15) is 0 Å². The average molecular weight is 755 g/mol. The lowest BCUT2D eigenvalue weighted by Crippen LogP contribution is -2.75. The van der Waals surface area contributed by atoms with Gasteiger partial charge < -0.3 is 4.42 Å². The predicted octanol–water partition coefficient (Wildman–Crippen LogP) is 11.3. The van der Waals surface area contributed by atoms with Crippen LogP contribution in [0.5, 0.6) is 0 Å². The third-order valence-electron chi connectivity index (χ3n) is 13.0. The zero-order chi connectivity index (χ0) is 38.2. The molecule has 1 heterocycles. The van der Waals surface area contributed by atoms with E-state index in [4.69, 9.17) is 4.42 Å². The molecule has 1 nitrogen and oxygen atoms in total. The molecule has 58 heavy (non-hydrogen) atoms. The van der Waals surface area contributed by atoms with Gasteiger partial charge in [-0.1, -0.05) is 200 Å². The topological polar surface area (TPSA) is 13.1 Å². The van der Waals surface area contributed by atoms with Crippen LogP contribution in [0.1, 0.15) is 45.2 Å². The monoisotopic (exact) mass is 754 g/mol. The second kappa shape index (κ2) is 13.0. The Hall–Kier alpha value is -7.00. The molecular weight excluding hydrogens is 717 g/mol. The van der Waals surface area contributed by atoms with E-state index in [2.05, 4.69) is 212 Å². The number of benzene rings is 9. The van der Waals surface area contributed by atoms with Crippen LogP contribution in [0.15, 0.2) is 223 Å². The van der Waals surface area contributed by atoms with E-state index in [-0.39, 0.29) is 11.8 Å². The van der Waals surface area contributed by atoms with Crippen LogP contribution in [-0.2, 0) is 0 Å². The third kappa shape index (κ3) is 4.70. The third-order valence-corrected chi connectivity index (χ3v) is 17.9. The molecular formula is C56H38OSi. The van der Waals surface area contributed by atoms with Crippen LogP contribution < -0.4 is 20.7 Å². The summed E-state index contributed by atoms with van der Waals surface area (Å²) in [6.45, 7) is 0. The summed E-state index contributed by atoms with van der Waals surface area (Å²) in [7, 11) is -2.86. The first-order valence-electron chi connectivity index (χ1n) is 20.3. The lowest BCUT2D eigenvalue weighted by atomic mass is 9.60. The first kappa shape index (κ1) is 33.2. The van der Waals surface area contributed by atoms with Gasteiger partial charge in [-0.3, -0.25) is 0 Å². The lowest BCUT2D eigenvalue weighted by Gasteiger charge is -2.47. The minimum Gasteiger partial charge on any atom is -0.456 e. The van der Waals surface area contributed by atoms with Gasteiger partial charge >= 0.3 is 0 Å². The van der Waals surface area contributed by atoms with Crippen LogP contribution in [-0.4, -0.2) is 8.07 Å². The second-order valence-corrected chi connectivity index (χ2v) is 19.6. The Bertz CT molecular complexity index is 3080. The second-order valence-electron chi connectivity index (χ2n) is 15.8. The number of para-hydroxylation sites is 1. The molecule has 3 aliphatic carbocycles. The molecule has 0 amide bonds. The van der Waals surface area contributed by atoms with Crippen LogP contribution in [0.25, 0.3) is 44.2 Å². The van der Waals surface area contributed by atoms with Crippen LogP contribution >= 0.6 is 0 Å². The van der Waals surface area contributed by atoms with Gasteiger partial charge in [0.1, 0.15) is 11.2 Å². The SMILES string of the molecule is c1ccc([Si](c2ccccc2)(c2ccccc2)c2cccc3c2C2c4ccccc4C3c3cccc(-c4cccc(-c5cccc6oc7ccccc7c56)c4)c32)cc1. The van der Waals surface area contributed by atoms with Gasteiger partial charge in [0.05, 0.1) is 0 Å². The van der Waals surface area contributed by atoms with Crippen molar-refractivity contribution < 1.29 is 4.42 Å². The molecule has 2 unspecified atom stereocenters. The molecule has 0 fully saturated rings. The summed E-state index contributed by atoms with van der Waals surface area (Å²) in [5.41, 5.74) is 15.4. The largest absolute Gasteiger partial charge is 0.456 e. The van der Waals surface area contributed by atoms with E-state index in [0.717, 1.165) is 16.6 Å². The smallest absolute Gasteiger partial charge is 0.179 e. The maximum atomic E-state index is 6.34. The summed E-state index contributed by atoms with van der Waals surface area (Å²) >= 11 is 0. The first-order valence-corrected chi connectivity index (χ1v) is 22.3. The molecule has 0 spiro atoms. The van der Waals surface area contributed by atoms with E-state index in [9.17, 15) is 0 Å². The molecule has 3 aliphatic rings. The van der Waals surface area contributed by atoms with Crippen LogP contribution in [0.4, 0.5) is 0 Å². The molecule has 2 bridgehead atoms. The molecule has 13 rings (SSSR count). The Kier molecular flexibility index (Phi) is 7.45. The summed E-state index contributed by atoms with van der Waals surface area (Å²) in [6, 6.07) is 81.8. The average Bonchev–Trinajstić information content (AvgIpc) is 3.69. The van der Waals surface area contributed by atoms with E-state index in [1.807, 2.05) is 6.07 Å². The van der Waals surface area contributed by atoms with E-state index in [0.29, 0.717) is 0 Å². The van der Waals surface area contributed by atoms with Crippen molar-refractivity contribution in [2.24, 2.45) is 0 Å². The minimum absolute atomic E-state index is 0.0616. The maximum absolute atomic E-state index is 6.34. The predicted molar refractivity (Wildman–Crippen MR) is 243 cm³/mol. The number of fused-ring (bicyclic) bond motifs is 3. The van der Waals surface area contributed by atoms with Crippen LogP contribution in [0, 0.1) is 0 Å². The highest BCUT2D eigenvalue weighted by Gasteiger charge is 2.49. The molecule has 0 saturated carbocycles. The normalized spacial score (nSPS) is 15.2. The van der Waals surface area contributed by atoms with Crippen molar-refractivity contribution in [3.05, 3.63) is 252 Å². The molecule has 2 atom stereocenters. The van der Waals surface area contributed by atoms with Gasteiger partial charge in [-0.25, -0.2) is 0 Å². The van der Waals surface area contributed by atoms with Gasteiger partial charge in [-0.05, 0) is 94.6 Å². The van der Waals surface area contributed by atoms with Gasteiger partial charge in [0, 0.05) is 22.6 Å². The highest BCUT2D eigenvalue weighted by atomic mass is 28.3. The van der Waals surface area contributed by atoms with Gasteiger partial charge in [0.25, 0.3) is 0 Å². The molecule has 1 aromatic heterocycles. The fourth-order valence-electron chi connectivity index (χ4n) is 10.8. The number of rotatable bonds is 6. The van der Waals surface area contributed by atoms with Crippen molar-refractivity contribution in [3.8, 4) is 22.3 Å². The fourth-order valence-corrected chi connectivity index (χ4v) is 15.8. The fraction of sp³-hybridized carbons (Fsp3) is 0.0357. The Morgan fingerprint density at radius 3 is 1.52 bits per heavy atom. The van der Waals surface area contributed by atoms with Crippen molar-refractivity contribution >= 4 is 50.8 Å². The molecule has 0 aliphatic heterocycles. The van der Waals surface area contributed by atoms with E-state index < -0.39 is 8.07 Å².